The van der Waals surface area contributed by atoms with E-state index in [1.54, 1.807) is 0 Å². The lowest BCUT2D eigenvalue weighted by Gasteiger charge is -2.41. The van der Waals surface area contributed by atoms with Crippen LogP contribution >= 0.6 is 0 Å². The van der Waals surface area contributed by atoms with Crippen molar-refractivity contribution in [2.24, 2.45) is 0 Å². The average molecular weight is 242 g/mol. The summed E-state index contributed by atoms with van der Waals surface area (Å²) in [5.74, 6) is 0. The zero-order valence-corrected chi connectivity index (χ0v) is 13.1. The van der Waals surface area contributed by atoms with Crippen molar-refractivity contribution in [3.63, 3.8) is 0 Å². The molecule has 0 aliphatic carbocycles. The zero-order valence-electron chi connectivity index (χ0n) is 10.9. The van der Waals surface area contributed by atoms with E-state index in [0.717, 1.165) is 0 Å². The SMILES string of the molecule is C=C[Si](C=C)(CC)N(CC)[SiH](CC)CC. The van der Waals surface area contributed by atoms with E-state index in [1.807, 2.05) is 0 Å². The van der Waals surface area contributed by atoms with Crippen LogP contribution in [-0.4, -0.2) is 28.0 Å². The molecule has 0 atom stereocenters. The Morgan fingerprint density at radius 2 is 1.53 bits per heavy atom. The number of rotatable bonds is 8. The monoisotopic (exact) mass is 241 g/mol. The molecule has 0 aliphatic rings. The van der Waals surface area contributed by atoms with E-state index in [0.29, 0.717) is 0 Å². The Bertz CT molecular complexity index is 192. The van der Waals surface area contributed by atoms with Crippen LogP contribution in [0.3, 0.4) is 0 Å². The van der Waals surface area contributed by atoms with E-state index in [-0.39, 0.29) is 0 Å². The second-order valence-corrected chi connectivity index (χ2v) is 12.2. The molecule has 0 saturated heterocycles. The first-order valence-electron chi connectivity index (χ1n) is 6.19. The first-order valence-corrected chi connectivity index (χ1v) is 10.6. The van der Waals surface area contributed by atoms with E-state index in [2.05, 4.69) is 56.5 Å². The van der Waals surface area contributed by atoms with Crippen LogP contribution in [0.25, 0.3) is 0 Å². The Balaban J connectivity index is 5.03. The summed E-state index contributed by atoms with van der Waals surface area (Å²) in [7, 11) is -2.26. The molecule has 0 fully saturated rings. The van der Waals surface area contributed by atoms with Gasteiger partial charge in [-0.1, -0.05) is 51.2 Å². The molecular formula is C12H27NSi2. The predicted octanol–water partition coefficient (Wildman–Crippen LogP) is 3.49. The van der Waals surface area contributed by atoms with E-state index in [9.17, 15) is 0 Å². The Morgan fingerprint density at radius 1 is 1.07 bits per heavy atom. The maximum Gasteiger partial charge on any atom is 0.169 e. The van der Waals surface area contributed by atoms with Crippen molar-refractivity contribution in [3.8, 4) is 0 Å². The number of nitrogens with zero attached hydrogens (tertiary/aromatic N) is 1. The van der Waals surface area contributed by atoms with Gasteiger partial charge >= 0.3 is 0 Å². The molecule has 0 saturated carbocycles. The van der Waals surface area contributed by atoms with E-state index in [4.69, 9.17) is 0 Å². The van der Waals surface area contributed by atoms with Gasteiger partial charge in [-0.05, 0) is 12.6 Å². The quantitative estimate of drug-likeness (QED) is 0.588. The fraction of sp³-hybridized carbons (Fsp3) is 0.667. The second-order valence-electron chi connectivity index (χ2n) is 4.01. The fourth-order valence-corrected chi connectivity index (χ4v) is 11.6. The second kappa shape index (κ2) is 7.20. The zero-order chi connectivity index (χ0) is 11.9. The summed E-state index contributed by atoms with van der Waals surface area (Å²) in [6, 6.07) is 3.94. The molecule has 0 aromatic heterocycles. The molecule has 0 N–H and O–H groups in total. The summed E-state index contributed by atoms with van der Waals surface area (Å²) in [5.41, 5.74) is 4.43. The molecule has 15 heavy (non-hydrogen) atoms. The Labute approximate surface area is 98.7 Å². The maximum atomic E-state index is 4.07. The van der Waals surface area contributed by atoms with Crippen molar-refractivity contribution in [2.45, 2.75) is 45.8 Å². The van der Waals surface area contributed by atoms with Gasteiger partial charge in [-0.3, -0.25) is 0 Å². The third-order valence-corrected chi connectivity index (χ3v) is 13.1. The molecule has 0 radical (unpaired) electrons. The third-order valence-electron chi connectivity index (χ3n) is 3.53. The number of hydrogen-bond acceptors (Lipinski definition) is 1. The summed E-state index contributed by atoms with van der Waals surface area (Å²) in [6.45, 7) is 18.6. The highest BCUT2D eigenvalue weighted by atomic mass is 28.4. The van der Waals surface area contributed by atoms with Crippen LogP contribution in [0.2, 0.25) is 18.1 Å². The highest BCUT2D eigenvalue weighted by Gasteiger charge is 2.34. The van der Waals surface area contributed by atoms with Crippen molar-refractivity contribution in [2.75, 3.05) is 6.54 Å². The molecule has 3 heteroatoms. The predicted molar refractivity (Wildman–Crippen MR) is 77.1 cm³/mol. The van der Waals surface area contributed by atoms with E-state index < -0.39 is 17.2 Å². The van der Waals surface area contributed by atoms with Gasteiger partial charge in [0.1, 0.15) is 8.96 Å². The van der Waals surface area contributed by atoms with Gasteiger partial charge in [0.05, 0.1) is 0 Å². The van der Waals surface area contributed by atoms with Gasteiger partial charge in [-0.25, -0.2) is 0 Å². The third kappa shape index (κ3) is 3.16. The van der Waals surface area contributed by atoms with Gasteiger partial charge in [-0.2, -0.15) is 0 Å². The summed E-state index contributed by atoms with van der Waals surface area (Å²) in [5, 5.41) is 0. The molecule has 0 rings (SSSR count). The lowest BCUT2D eigenvalue weighted by molar-refractivity contribution is 0.659. The van der Waals surface area contributed by atoms with Crippen LogP contribution in [0, 0.1) is 0 Å². The lowest BCUT2D eigenvalue weighted by atomic mass is 10.8. The van der Waals surface area contributed by atoms with Crippen LogP contribution in [0.15, 0.2) is 24.6 Å². The van der Waals surface area contributed by atoms with Gasteiger partial charge in [0, 0.05) is 0 Å². The largest absolute Gasteiger partial charge is 0.341 e. The van der Waals surface area contributed by atoms with Gasteiger partial charge in [-0.15, -0.1) is 13.2 Å². The molecule has 0 bridgehead atoms. The number of hydrogen-bond donors (Lipinski definition) is 0. The molecule has 0 unspecified atom stereocenters. The fourth-order valence-electron chi connectivity index (χ4n) is 2.43. The molecule has 0 heterocycles. The van der Waals surface area contributed by atoms with Crippen molar-refractivity contribution in [1.29, 1.82) is 0 Å². The van der Waals surface area contributed by atoms with Gasteiger partial charge in [0.2, 0.25) is 0 Å². The van der Waals surface area contributed by atoms with Crippen LogP contribution in [0.5, 0.6) is 0 Å². The van der Waals surface area contributed by atoms with Gasteiger partial charge in [0.15, 0.2) is 8.24 Å². The van der Waals surface area contributed by atoms with Crippen LogP contribution < -0.4 is 0 Å². The van der Waals surface area contributed by atoms with Crippen molar-refractivity contribution in [3.05, 3.63) is 24.6 Å². The summed E-state index contributed by atoms with van der Waals surface area (Å²) < 4.78 is 2.80. The van der Waals surface area contributed by atoms with Crippen LogP contribution in [-0.2, 0) is 0 Å². The summed E-state index contributed by atoms with van der Waals surface area (Å²) in [6.07, 6.45) is 0. The Morgan fingerprint density at radius 3 is 1.73 bits per heavy atom. The molecule has 0 aromatic rings. The molecule has 0 aromatic carbocycles. The van der Waals surface area contributed by atoms with Crippen molar-refractivity contribution in [1.82, 2.24) is 4.23 Å². The van der Waals surface area contributed by atoms with Gasteiger partial charge in [0.25, 0.3) is 0 Å². The van der Waals surface area contributed by atoms with Crippen molar-refractivity contribution >= 4 is 17.2 Å². The minimum atomic E-state index is -1.53. The summed E-state index contributed by atoms with van der Waals surface area (Å²) in [4.78, 5) is 0. The summed E-state index contributed by atoms with van der Waals surface area (Å²) >= 11 is 0. The Hall–Kier alpha value is -0.126. The minimum Gasteiger partial charge on any atom is -0.341 e. The topological polar surface area (TPSA) is 3.24 Å². The lowest BCUT2D eigenvalue weighted by Crippen LogP contribution is -2.57. The smallest absolute Gasteiger partial charge is 0.169 e. The average Bonchev–Trinajstić information content (AvgIpc) is 2.30. The van der Waals surface area contributed by atoms with Crippen LogP contribution in [0.1, 0.15) is 27.7 Å². The normalized spacial score (nSPS) is 12.1. The first-order chi connectivity index (χ1) is 7.15. The molecule has 0 amide bonds. The van der Waals surface area contributed by atoms with E-state index in [1.165, 1.54) is 24.7 Å². The molecule has 0 spiro atoms. The minimum absolute atomic E-state index is 0.732. The van der Waals surface area contributed by atoms with Gasteiger partial charge < -0.3 is 4.23 Å². The molecule has 1 nitrogen and oxygen atoms in total. The maximum absolute atomic E-state index is 4.07. The molecule has 0 aliphatic heterocycles. The molecule has 88 valence electrons. The standard InChI is InChI=1S/C12H27NSi2/c1-7-13(14(8-2)9-3)15(10-4,11-5)12-6/h10-11,14H,4-5,7-9,12H2,1-3,6H3. The van der Waals surface area contributed by atoms with Crippen molar-refractivity contribution < 1.29 is 0 Å². The van der Waals surface area contributed by atoms with E-state index >= 15 is 0 Å². The highest BCUT2D eigenvalue weighted by molar-refractivity contribution is 6.92. The first kappa shape index (κ1) is 14.9. The van der Waals surface area contributed by atoms with Crippen LogP contribution in [0.4, 0.5) is 0 Å². The Kier molecular flexibility index (Phi) is 7.14. The highest BCUT2D eigenvalue weighted by Crippen LogP contribution is 2.22. The molecular weight excluding hydrogens is 214 g/mol.